The molecule has 0 bridgehead atoms. The summed E-state index contributed by atoms with van der Waals surface area (Å²) >= 11 is 0. The Morgan fingerprint density at radius 2 is 2.19 bits per heavy atom. The van der Waals surface area contributed by atoms with Gasteiger partial charge in [0.25, 0.3) is 0 Å². The fourth-order valence-corrected chi connectivity index (χ4v) is 1.49. The highest BCUT2D eigenvalue weighted by molar-refractivity contribution is 5.80. The van der Waals surface area contributed by atoms with Crippen molar-refractivity contribution in [1.29, 1.82) is 5.26 Å². The van der Waals surface area contributed by atoms with Crippen molar-refractivity contribution in [1.82, 2.24) is 4.98 Å². The summed E-state index contributed by atoms with van der Waals surface area (Å²) in [5.74, 6) is 0.433. The number of para-hydroxylation sites is 1. The van der Waals surface area contributed by atoms with E-state index in [0.29, 0.717) is 18.1 Å². The van der Waals surface area contributed by atoms with E-state index in [1.165, 1.54) is 0 Å². The van der Waals surface area contributed by atoms with E-state index in [9.17, 15) is 0 Å². The van der Waals surface area contributed by atoms with Gasteiger partial charge in [0.1, 0.15) is 11.6 Å². The van der Waals surface area contributed by atoms with Crippen molar-refractivity contribution in [2.24, 2.45) is 0 Å². The standard InChI is InChI=1S/C13H12N2O/c1-2-7-16-13-11(9-14)8-10-5-3-4-6-12(10)15-13/h3-6,8H,2,7H2,1H3. The molecular formula is C13H12N2O. The van der Waals surface area contributed by atoms with Gasteiger partial charge in [-0.3, -0.25) is 0 Å². The van der Waals surface area contributed by atoms with E-state index >= 15 is 0 Å². The summed E-state index contributed by atoms with van der Waals surface area (Å²) in [5, 5.41) is 9.97. The third-order valence-electron chi connectivity index (χ3n) is 2.25. The molecule has 0 saturated heterocycles. The summed E-state index contributed by atoms with van der Waals surface area (Å²) in [6.45, 7) is 2.60. The maximum atomic E-state index is 9.01. The van der Waals surface area contributed by atoms with Gasteiger partial charge in [-0.15, -0.1) is 0 Å². The zero-order valence-electron chi connectivity index (χ0n) is 9.10. The molecule has 3 heteroatoms. The van der Waals surface area contributed by atoms with Gasteiger partial charge in [-0.1, -0.05) is 25.1 Å². The number of benzene rings is 1. The number of aromatic nitrogens is 1. The number of fused-ring (bicyclic) bond motifs is 1. The first kappa shape index (κ1) is 10.4. The second-order valence-electron chi connectivity index (χ2n) is 3.49. The van der Waals surface area contributed by atoms with Crippen molar-refractivity contribution in [3.63, 3.8) is 0 Å². The van der Waals surface area contributed by atoms with Crippen molar-refractivity contribution < 1.29 is 4.74 Å². The smallest absolute Gasteiger partial charge is 0.232 e. The maximum Gasteiger partial charge on any atom is 0.232 e. The minimum Gasteiger partial charge on any atom is -0.477 e. The van der Waals surface area contributed by atoms with Crippen molar-refractivity contribution in [3.05, 3.63) is 35.9 Å². The van der Waals surface area contributed by atoms with Crippen molar-refractivity contribution in [2.45, 2.75) is 13.3 Å². The van der Waals surface area contributed by atoms with Crippen LogP contribution in [0.15, 0.2) is 30.3 Å². The van der Waals surface area contributed by atoms with Crippen LogP contribution in [-0.2, 0) is 0 Å². The van der Waals surface area contributed by atoms with E-state index in [2.05, 4.69) is 11.1 Å². The zero-order valence-corrected chi connectivity index (χ0v) is 9.10. The highest BCUT2D eigenvalue weighted by atomic mass is 16.5. The Balaban J connectivity index is 2.50. The quantitative estimate of drug-likeness (QED) is 0.785. The number of pyridine rings is 1. The normalized spacial score (nSPS) is 10.0. The minimum atomic E-state index is 0.433. The first-order valence-electron chi connectivity index (χ1n) is 5.28. The Bertz CT molecular complexity index is 543. The predicted molar refractivity (Wildman–Crippen MR) is 62.2 cm³/mol. The Hall–Kier alpha value is -2.08. The molecular weight excluding hydrogens is 200 g/mol. The van der Waals surface area contributed by atoms with Crippen LogP contribution in [0, 0.1) is 11.3 Å². The first-order valence-corrected chi connectivity index (χ1v) is 5.28. The number of nitrogens with zero attached hydrogens (tertiary/aromatic N) is 2. The van der Waals surface area contributed by atoms with Crippen LogP contribution in [-0.4, -0.2) is 11.6 Å². The lowest BCUT2D eigenvalue weighted by Crippen LogP contribution is -2.00. The highest BCUT2D eigenvalue weighted by Crippen LogP contribution is 2.21. The summed E-state index contributed by atoms with van der Waals surface area (Å²) in [7, 11) is 0. The van der Waals surface area contributed by atoms with E-state index in [1.807, 2.05) is 37.3 Å². The van der Waals surface area contributed by atoms with Gasteiger partial charge in [0.05, 0.1) is 12.1 Å². The molecule has 1 aromatic heterocycles. The van der Waals surface area contributed by atoms with E-state index in [0.717, 1.165) is 17.3 Å². The topological polar surface area (TPSA) is 45.9 Å². The van der Waals surface area contributed by atoms with Gasteiger partial charge in [0, 0.05) is 5.39 Å². The van der Waals surface area contributed by atoms with Crippen LogP contribution in [0.4, 0.5) is 0 Å². The highest BCUT2D eigenvalue weighted by Gasteiger charge is 2.06. The van der Waals surface area contributed by atoms with Gasteiger partial charge in [-0.25, -0.2) is 4.98 Å². The van der Waals surface area contributed by atoms with Crippen LogP contribution >= 0.6 is 0 Å². The largest absolute Gasteiger partial charge is 0.477 e. The summed E-state index contributed by atoms with van der Waals surface area (Å²) in [6.07, 6.45) is 0.902. The third-order valence-corrected chi connectivity index (χ3v) is 2.25. The molecule has 3 nitrogen and oxygen atoms in total. The molecule has 0 radical (unpaired) electrons. The molecule has 0 aliphatic rings. The molecule has 0 saturated carbocycles. The third kappa shape index (κ3) is 1.96. The molecule has 0 amide bonds. The fraction of sp³-hybridized carbons (Fsp3) is 0.231. The van der Waals surface area contributed by atoms with Crippen molar-refractivity contribution >= 4 is 10.9 Å². The monoisotopic (exact) mass is 212 g/mol. The van der Waals surface area contributed by atoms with E-state index < -0.39 is 0 Å². The van der Waals surface area contributed by atoms with Crippen LogP contribution in [0.1, 0.15) is 18.9 Å². The van der Waals surface area contributed by atoms with Crippen LogP contribution in [0.3, 0.4) is 0 Å². The van der Waals surface area contributed by atoms with E-state index in [-0.39, 0.29) is 0 Å². The number of ether oxygens (including phenoxy) is 1. The van der Waals surface area contributed by atoms with E-state index in [4.69, 9.17) is 10.00 Å². The number of rotatable bonds is 3. The van der Waals surface area contributed by atoms with Crippen LogP contribution in [0.5, 0.6) is 5.88 Å². The molecule has 16 heavy (non-hydrogen) atoms. The first-order chi connectivity index (χ1) is 7.85. The van der Waals surface area contributed by atoms with Gasteiger partial charge in [-0.2, -0.15) is 5.26 Å². The van der Waals surface area contributed by atoms with Crippen molar-refractivity contribution in [3.8, 4) is 11.9 Å². The fourth-order valence-electron chi connectivity index (χ4n) is 1.49. The number of nitriles is 1. The van der Waals surface area contributed by atoms with E-state index in [1.54, 1.807) is 0 Å². The molecule has 0 atom stereocenters. The van der Waals surface area contributed by atoms with Crippen molar-refractivity contribution in [2.75, 3.05) is 6.61 Å². The van der Waals surface area contributed by atoms with Gasteiger partial charge in [0.15, 0.2) is 0 Å². The van der Waals surface area contributed by atoms with Crippen LogP contribution in [0.25, 0.3) is 10.9 Å². The lowest BCUT2D eigenvalue weighted by atomic mass is 10.1. The second kappa shape index (κ2) is 4.63. The molecule has 80 valence electrons. The molecule has 0 unspecified atom stereocenters. The number of hydrogen-bond acceptors (Lipinski definition) is 3. The van der Waals surface area contributed by atoms with Crippen LogP contribution < -0.4 is 4.74 Å². The van der Waals surface area contributed by atoms with Gasteiger partial charge < -0.3 is 4.74 Å². The Morgan fingerprint density at radius 3 is 2.94 bits per heavy atom. The maximum absolute atomic E-state index is 9.01. The lowest BCUT2D eigenvalue weighted by Gasteiger charge is -2.06. The predicted octanol–water partition coefficient (Wildman–Crippen LogP) is 2.90. The Kier molecular flexibility index (Phi) is 3.02. The average molecular weight is 212 g/mol. The van der Waals surface area contributed by atoms with Crippen LogP contribution in [0.2, 0.25) is 0 Å². The summed E-state index contributed by atoms with van der Waals surface area (Å²) in [6, 6.07) is 11.6. The zero-order chi connectivity index (χ0) is 11.4. The molecule has 0 spiro atoms. The summed E-state index contributed by atoms with van der Waals surface area (Å²) in [5.41, 5.74) is 1.35. The number of hydrogen-bond donors (Lipinski definition) is 0. The Labute approximate surface area is 94.3 Å². The molecule has 1 heterocycles. The summed E-state index contributed by atoms with van der Waals surface area (Å²) in [4.78, 5) is 4.34. The SMILES string of the molecule is CCCOc1nc2ccccc2cc1C#N. The average Bonchev–Trinajstić information content (AvgIpc) is 2.35. The molecule has 0 aliphatic heterocycles. The van der Waals surface area contributed by atoms with Gasteiger partial charge in [-0.05, 0) is 18.6 Å². The molecule has 0 fully saturated rings. The van der Waals surface area contributed by atoms with Gasteiger partial charge in [0.2, 0.25) is 5.88 Å². The van der Waals surface area contributed by atoms with Gasteiger partial charge >= 0.3 is 0 Å². The minimum absolute atomic E-state index is 0.433. The molecule has 0 N–H and O–H groups in total. The Morgan fingerprint density at radius 1 is 1.38 bits per heavy atom. The molecule has 1 aromatic carbocycles. The molecule has 2 aromatic rings. The molecule has 0 aliphatic carbocycles. The second-order valence-corrected chi connectivity index (χ2v) is 3.49. The summed E-state index contributed by atoms with van der Waals surface area (Å²) < 4.78 is 5.45. The lowest BCUT2D eigenvalue weighted by molar-refractivity contribution is 0.305. The molecule has 2 rings (SSSR count).